The Balaban J connectivity index is 2.03. The Labute approximate surface area is 119 Å². The number of hydrogen-bond donors (Lipinski definition) is 4. The number of aromatic hydroxyl groups is 4. The van der Waals surface area contributed by atoms with Gasteiger partial charge in [0, 0.05) is 0 Å². The van der Waals surface area contributed by atoms with Gasteiger partial charge in [-0.2, -0.15) is 0 Å². The fourth-order valence-electron chi connectivity index (χ4n) is 2.29. The second-order valence-corrected chi connectivity index (χ2v) is 4.79. The molecule has 1 heterocycles. The highest BCUT2D eigenvalue weighted by molar-refractivity contribution is 6.01. The summed E-state index contributed by atoms with van der Waals surface area (Å²) in [4.78, 5) is 12.1. The van der Waals surface area contributed by atoms with Gasteiger partial charge in [0.05, 0.1) is 12.0 Å². The number of hydrogen-bond acceptors (Lipinski definition) is 6. The fourth-order valence-corrected chi connectivity index (χ4v) is 2.29. The van der Waals surface area contributed by atoms with Gasteiger partial charge in [-0.15, -0.1) is 0 Å². The molecule has 0 bridgehead atoms. The van der Waals surface area contributed by atoms with E-state index in [0.29, 0.717) is 5.56 Å². The summed E-state index contributed by atoms with van der Waals surface area (Å²) >= 11 is 0. The maximum Gasteiger partial charge on any atom is 0.201 e. The molecule has 0 amide bonds. The van der Waals surface area contributed by atoms with Crippen LogP contribution < -0.4 is 4.74 Å². The first-order valence-corrected chi connectivity index (χ1v) is 6.24. The molecule has 3 rings (SSSR count). The number of benzene rings is 2. The maximum atomic E-state index is 12.1. The zero-order valence-electron chi connectivity index (χ0n) is 10.8. The Morgan fingerprint density at radius 1 is 0.952 bits per heavy atom. The quantitative estimate of drug-likeness (QED) is 0.599. The molecule has 2 aromatic rings. The molecule has 0 aromatic heterocycles. The van der Waals surface area contributed by atoms with Gasteiger partial charge in [-0.25, -0.2) is 0 Å². The van der Waals surface area contributed by atoms with E-state index in [2.05, 4.69) is 0 Å². The number of ketones is 1. The molecule has 4 N–H and O–H groups in total. The van der Waals surface area contributed by atoms with Crippen molar-refractivity contribution in [3.05, 3.63) is 41.5 Å². The molecule has 108 valence electrons. The summed E-state index contributed by atoms with van der Waals surface area (Å²) in [5, 5.41) is 38.1. The third-order valence-corrected chi connectivity index (χ3v) is 3.41. The Morgan fingerprint density at radius 3 is 2.38 bits per heavy atom. The molecule has 0 radical (unpaired) electrons. The first kappa shape index (κ1) is 13.1. The van der Waals surface area contributed by atoms with E-state index in [-0.39, 0.29) is 40.8 Å². The van der Waals surface area contributed by atoms with Gasteiger partial charge in [-0.3, -0.25) is 4.79 Å². The van der Waals surface area contributed by atoms with E-state index in [1.54, 1.807) is 0 Å². The predicted octanol–water partition coefficient (Wildman–Crippen LogP) is 2.22. The van der Waals surface area contributed by atoms with E-state index in [4.69, 9.17) is 4.74 Å². The van der Waals surface area contributed by atoms with Crippen LogP contribution in [0.3, 0.4) is 0 Å². The standard InChI is InChI=1S/C15H12O6/c16-9-3-1-7(5-12(9)19)13-6-11(18)8-2-4-10(17)14(20)15(8)21-13/h1-5,13,16-17,19-20H,6H2/t13-/m1/s1. The summed E-state index contributed by atoms with van der Waals surface area (Å²) in [6.07, 6.45) is -0.689. The van der Waals surface area contributed by atoms with Crippen LogP contribution in [-0.2, 0) is 0 Å². The van der Waals surface area contributed by atoms with Gasteiger partial charge in [0.15, 0.2) is 28.8 Å². The number of rotatable bonds is 1. The second-order valence-electron chi connectivity index (χ2n) is 4.79. The van der Waals surface area contributed by atoms with Crippen LogP contribution in [0.2, 0.25) is 0 Å². The summed E-state index contributed by atoms with van der Waals surface area (Å²) in [6.45, 7) is 0. The highest BCUT2D eigenvalue weighted by Gasteiger charge is 2.31. The zero-order chi connectivity index (χ0) is 15.1. The molecular weight excluding hydrogens is 276 g/mol. The lowest BCUT2D eigenvalue weighted by Gasteiger charge is -2.26. The van der Waals surface area contributed by atoms with E-state index < -0.39 is 11.9 Å². The lowest BCUT2D eigenvalue weighted by molar-refractivity contribution is 0.0841. The molecule has 0 saturated carbocycles. The van der Waals surface area contributed by atoms with Crippen molar-refractivity contribution in [1.82, 2.24) is 0 Å². The molecule has 1 atom stereocenters. The topological polar surface area (TPSA) is 107 Å². The Hall–Kier alpha value is -2.89. The third kappa shape index (κ3) is 2.10. The van der Waals surface area contributed by atoms with Crippen LogP contribution in [0.15, 0.2) is 30.3 Å². The fraction of sp³-hybridized carbons (Fsp3) is 0.133. The van der Waals surface area contributed by atoms with Gasteiger partial charge in [0.25, 0.3) is 0 Å². The second kappa shape index (κ2) is 4.59. The van der Waals surface area contributed by atoms with Crippen molar-refractivity contribution in [1.29, 1.82) is 0 Å². The van der Waals surface area contributed by atoms with Crippen molar-refractivity contribution in [3.63, 3.8) is 0 Å². The van der Waals surface area contributed by atoms with Gasteiger partial charge >= 0.3 is 0 Å². The average molecular weight is 288 g/mol. The van der Waals surface area contributed by atoms with E-state index >= 15 is 0 Å². The molecule has 0 fully saturated rings. The number of carbonyl (C=O) groups is 1. The third-order valence-electron chi connectivity index (χ3n) is 3.41. The van der Waals surface area contributed by atoms with Gasteiger partial charge in [-0.1, -0.05) is 6.07 Å². The summed E-state index contributed by atoms with van der Waals surface area (Å²) < 4.78 is 5.57. The molecule has 2 aromatic carbocycles. The van der Waals surface area contributed by atoms with Crippen LogP contribution in [0.25, 0.3) is 0 Å². The normalized spacial score (nSPS) is 17.1. The van der Waals surface area contributed by atoms with Crippen LogP contribution in [0.1, 0.15) is 28.4 Å². The van der Waals surface area contributed by atoms with Crippen molar-refractivity contribution in [2.75, 3.05) is 0 Å². The highest BCUT2D eigenvalue weighted by atomic mass is 16.5. The molecule has 6 nitrogen and oxygen atoms in total. The number of phenolic OH excluding ortho intramolecular Hbond substituents is 4. The van der Waals surface area contributed by atoms with E-state index in [0.717, 1.165) is 0 Å². The highest BCUT2D eigenvalue weighted by Crippen LogP contribution is 2.45. The SMILES string of the molecule is O=C1C[C@H](c2ccc(O)c(O)c2)Oc2c1ccc(O)c2O. The number of carbonyl (C=O) groups excluding carboxylic acids is 1. The molecule has 6 heteroatoms. The smallest absolute Gasteiger partial charge is 0.201 e. The van der Waals surface area contributed by atoms with Crippen LogP contribution in [0.5, 0.6) is 28.7 Å². The van der Waals surface area contributed by atoms with Crippen LogP contribution in [0.4, 0.5) is 0 Å². The summed E-state index contributed by atoms with van der Waals surface area (Å²) in [5.74, 6) is -1.80. The van der Waals surface area contributed by atoms with Crippen molar-refractivity contribution >= 4 is 5.78 Å². The number of ether oxygens (including phenoxy) is 1. The van der Waals surface area contributed by atoms with Gasteiger partial charge < -0.3 is 25.2 Å². The Morgan fingerprint density at radius 2 is 1.67 bits per heavy atom. The minimum atomic E-state index is -0.718. The molecule has 0 aliphatic carbocycles. The number of phenols is 4. The van der Waals surface area contributed by atoms with E-state index in [1.807, 2.05) is 0 Å². The predicted molar refractivity (Wildman–Crippen MR) is 71.9 cm³/mol. The number of Topliss-reactive ketones (excluding diaryl/α,β-unsaturated/α-hetero) is 1. The minimum absolute atomic E-state index is 0.0292. The van der Waals surface area contributed by atoms with Crippen molar-refractivity contribution in [3.8, 4) is 28.7 Å². The maximum absolute atomic E-state index is 12.1. The molecule has 0 unspecified atom stereocenters. The minimum Gasteiger partial charge on any atom is -0.504 e. The molecule has 0 spiro atoms. The van der Waals surface area contributed by atoms with Crippen molar-refractivity contribution in [2.45, 2.75) is 12.5 Å². The molecule has 21 heavy (non-hydrogen) atoms. The lowest BCUT2D eigenvalue weighted by atomic mass is 9.95. The molecule has 0 saturated heterocycles. The van der Waals surface area contributed by atoms with Gasteiger partial charge in [0.2, 0.25) is 5.75 Å². The summed E-state index contributed by atoms with van der Waals surface area (Å²) in [7, 11) is 0. The largest absolute Gasteiger partial charge is 0.504 e. The Kier molecular flexibility index (Phi) is 2.86. The van der Waals surface area contributed by atoms with E-state index in [1.165, 1.54) is 30.3 Å². The molecular formula is C15H12O6. The lowest BCUT2D eigenvalue weighted by Crippen LogP contribution is -2.20. The van der Waals surface area contributed by atoms with Gasteiger partial charge in [-0.05, 0) is 29.8 Å². The summed E-state index contributed by atoms with van der Waals surface area (Å²) in [5.41, 5.74) is 0.677. The zero-order valence-corrected chi connectivity index (χ0v) is 10.8. The van der Waals surface area contributed by atoms with Crippen molar-refractivity contribution < 1.29 is 30.0 Å². The molecule has 1 aliphatic heterocycles. The molecule has 1 aliphatic rings. The first-order chi connectivity index (χ1) is 9.97. The number of fused-ring (bicyclic) bond motifs is 1. The van der Waals surface area contributed by atoms with Crippen LogP contribution in [-0.4, -0.2) is 26.2 Å². The van der Waals surface area contributed by atoms with Gasteiger partial charge in [0.1, 0.15) is 6.10 Å². The first-order valence-electron chi connectivity index (χ1n) is 6.24. The average Bonchev–Trinajstić information content (AvgIpc) is 2.46. The van der Waals surface area contributed by atoms with E-state index in [9.17, 15) is 25.2 Å². The van der Waals surface area contributed by atoms with Crippen LogP contribution >= 0.6 is 0 Å². The Bertz CT molecular complexity index is 737. The van der Waals surface area contributed by atoms with Crippen LogP contribution in [0, 0.1) is 0 Å². The monoisotopic (exact) mass is 288 g/mol. The van der Waals surface area contributed by atoms with Crippen molar-refractivity contribution in [2.24, 2.45) is 0 Å². The summed E-state index contributed by atoms with van der Waals surface area (Å²) in [6, 6.07) is 6.70.